The van der Waals surface area contributed by atoms with Gasteiger partial charge < -0.3 is 10.6 Å². The van der Waals surface area contributed by atoms with Crippen LogP contribution in [-0.4, -0.2) is 31.9 Å². The van der Waals surface area contributed by atoms with Gasteiger partial charge in [-0.1, -0.05) is 13.0 Å². The van der Waals surface area contributed by atoms with Gasteiger partial charge in [0, 0.05) is 23.8 Å². The SMILES string of the molecule is CCC(=O)Nc1cccc(NC2CCS(=O)(=O)C2)c1C. The summed E-state index contributed by atoms with van der Waals surface area (Å²) in [7, 11) is -2.89. The summed E-state index contributed by atoms with van der Waals surface area (Å²) in [6, 6.07) is 5.56. The van der Waals surface area contributed by atoms with Crippen molar-refractivity contribution < 1.29 is 13.2 Å². The lowest BCUT2D eigenvalue weighted by atomic mass is 10.1. The number of hydrogen-bond acceptors (Lipinski definition) is 4. The molecule has 1 heterocycles. The first-order chi connectivity index (χ1) is 9.41. The second-order valence-electron chi connectivity index (χ2n) is 5.12. The van der Waals surface area contributed by atoms with Crippen molar-refractivity contribution in [2.24, 2.45) is 0 Å². The molecule has 1 atom stereocenters. The molecule has 1 aromatic carbocycles. The van der Waals surface area contributed by atoms with Gasteiger partial charge in [-0.05, 0) is 31.0 Å². The van der Waals surface area contributed by atoms with Crippen LogP contribution in [0.15, 0.2) is 18.2 Å². The number of nitrogens with one attached hydrogen (secondary N) is 2. The third-order valence-corrected chi connectivity index (χ3v) is 5.29. The Bertz CT molecular complexity index is 611. The summed E-state index contributed by atoms with van der Waals surface area (Å²) in [4.78, 5) is 11.5. The molecule has 0 spiro atoms. The predicted molar refractivity (Wildman–Crippen MR) is 80.8 cm³/mol. The van der Waals surface area contributed by atoms with E-state index in [0.29, 0.717) is 12.8 Å². The van der Waals surface area contributed by atoms with Crippen LogP contribution in [0.3, 0.4) is 0 Å². The van der Waals surface area contributed by atoms with E-state index in [4.69, 9.17) is 0 Å². The number of sulfone groups is 1. The van der Waals surface area contributed by atoms with Crippen LogP contribution in [0.2, 0.25) is 0 Å². The highest BCUT2D eigenvalue weighted by Crippen LogP contribution is 2.26. The molecule has 6 heteroatoms. The van der Waals surface area contributed by atoms with Crippen LogP contribution in [0.4, 0.5) is 11.4 Å². The van der Waals surface area contributed by atoms with Gasteiger partial charge in [-0.2, -0.15) is 0 Å². The van der Waals surface area contributed by atoms with E-state index < -0.39 is 9.84 Å². The van der Waals surface area contributed by atoms with Gasteiger partial charge in [0.2, 0.25) is 5.91 Å². The first kappa shape index (κ1) is 14.8. The lowest BCUT2D eigenvalue weighted by Gasteiger charge is -2.17. The number of benzene rings is 1. The largest absolute Gasteiger partial charge is 0.381 e. The number of carbonyl (C=O) groups excluding carboxylic acids is 1. The van der Waals surface area contributed by atoms with Crippen molar-refractivity contribution in [3.8, 4) is 0 Å². The van der Waals surface area contributed by atoms with Crippen molar-refractivity contribution >= 4 is 27.1 Å². The van der Waals surface area contributed by atoms with Crippen LogP contribution in [0.25, 0.3) is 0 Å². The summed E-state index contributed by atoms with van der Waals surface area (Å²) in [5.74, 6) is 0.391. The van der Waals surface area contributed by atoms with Crippen molar-refractivity contribution in [3.63, 3.8) is 0 Å². The number of rotatable bonds is 4. The molecule has 0 radical (unpaired) electrons. The molecule has 1 unspecified atom stereocenters. The zero-order valence-corrected chi connectivity index (χ0v) is 12.6. The quantitative estimate of drug-likeness (QED) is 0.890. The van der Waals surface area contributed by atoms with E-state index in [0.717, 1.165) is 16.9 Å². The molecule has 1 aliphatic heterocycles. The van der Waals surface area contributed by atoms with Crippen LogP contribution < -0.4 is 10.6 Å². The van der Waals surface area contributed by atoms with Crippen LogP contribution in [-0.2, 0) is 14.6 Å². The smallest absolute Gasteiger partial charge is 0.224 e. The monoisotopic (exact) mass is 296 g/mol. The molecule has 20 heavy (non-hydrogen) atoms. The van der Waals surface area contributed by atoms with E-state index in [9.17, 15) is 13.2 Å². The molecule has 2 N–H and O–H groups in total. The number of carbonyl (C=O) groups is 1. The van der Waals surface area contributed by atoms with E-state index >= 15 is 0 Å². The molecule has 0 bridgehead atoms. The maximum Gasteiger partial charge on any atom is 0.224 e. The summed E-state index contributed by atoms with van der Waals surface area (Å²) in [6.07, 6.45) is 1.06. The first-order valence-corrected chi connectivity index (χ1v) is 8.60. The lowest BCUT2D eigenvalue weighted by molar-refractivity contribution is -0.115. The first-order valence-electron chi connectivity index (χ1n) is 6.77. The average molecular weight is 296 g/mol. The van der Waals surface area contributed by atoms with E-state index in [1.807, 2.05) is 25.1 Å². The van der Waals surface area contributed by atoms with Crippen molar-refractivity contribution in [3.05, 3.63) is 23.8 Å². The molecular formula is C14H20N2O3S. The minimum absolute atomic E-state index is 0.0336. The summed E-state index contributed by atoms with van der Waals surface area (Å²) < 4.78 is 22.9. The van der Waals surface area contributed by atoms with Gasteiger partial charge in [-0.3, -0.25) is 4.79 Å². The van der Waals surface area contributed by atoms with Crippen LogP contribution in [0.1, 0.15) is 25.3 Å². The molecule has 0 saturated carbocycles. The minimum Gasteiger partial charge on any atom is -0.381 e. The van der Waals surface area contributed by atoms with Gasteiger partial charge in [0.05, 0.1) is 11.5 Å². The highest BCUT2D eigenvalue weighted by Gasteiger charge is 2.28. The molecule has 0 aliphatic carbocycles. The Morgan fingerprint density at radius 3 is 2.65 bits per heavy atom. The molecule has 1 aliphatic rings. The van der Waals surface area contributed by atoms with E-state index in [-0.39, 0.29) is 23.5 Å². The molecule has 110 valence electrons. The predicted octanol–water partition coefficient (Wildman–Crippen LogP) is 1.94. The van der Waals surface area contributed by atoms with Crippen molar-refractivity contribution in [1.29, 1.82) is 0 Å². The van der Waals surface area contributed by atoms with Crippen molar-refractivity contribution in [2.45, 2.75) is 32.7 Å². The van der Waals surface area contributed by atoms with Crippen LogP contribution in [0.5, 0.6) is 0 Å². The van der Waals surface area contributed by atoms with Crippen LogP contribution >= 0.6 is 0 Å². The third kappa shape index (κ3) is 3.50. The van der Waals surface area contributed by atoms with Gasteiger partial charge in [-0.25, -0.2) is 8.42 Å². The molecular weight excluding hydrogens is 276 g/mol. The molecule has 0 aromatic heterocycles. The highest BCUT2D eigenvalue weighted by atomic mass is 32.2. The maximum absolute atomic E-state index is 11.5. The van der Waals surface area contributed by atoms with Crippen molar-refractivity contribution in [2.75, 3.05) is 22.1 Å². The van der Waals surface area contributed by atoms with E-state index in [1.54, 1.807) is 6.92 Å². The van der Waals surface area contributed by atoms with Gasteiger partial charge in [0.25, 0.3) is 0 Å². The molecule has 1 fully saturated rings. The number of amides is 1. The summed E-state index contributed by atoms with van der Waals surface area (Å²) in [5, 5.41) is 6.11. The Labute approximate surface area is 119 Å². The molecule has 2 rings (SSSR count). The Morgan fingerprint density at radius 2 is 2.05 bits per heavy atom. The second-order valence-corrected chi connectivity index (χ2v) is 7.35. The number of anilines is 2. The molecule has 1 aromatic rings. The normalized spacial score (nSPS) is 20.6. The maximum atomic E-state index is 11.5. The van der Waals surface area contributed by atoms with Gasteiger partial charge in [-0.15, -0.1) is 0 Å². The molecule has 1 saturated heterocycles. The highest BCUT2D eigenvalue weighted by molar-refractivity contribution is 7.91. The lowest BCUT2D eigenvalue weighted by Crippen LogP contribution is -2.21. The fourth-order valence-corrected chi connectivity index (χ4v) is 3.97. The number of hydrogen-bond donors (Lipinski definition) is 2. The molecule has 1 amide bonds. The van der Waals surface area contributed by atoms with Crippen LogP contribution in [0, 0.1) is 6.92 Å². The van der Waals surface area contributed by atoms with Gasteiger partial charge in [0.1, 0.15) is 0 Å². The average Bonchev–Trinajstić information content (AvgIpc) is 2.73. The van der Waals surface area contributed by atoms with Gasteiger partial charge >= 0.3 is 0 Å². The third-order valence-electron chi connectivity index (χ3n) is 3.52. The summed E-state index contributed by atoms with van der Waals surface area (Å²) in [5.41, 5.74) is 2.57. The summed E-state index contributed by atoms with van der Waals surface area (Å²) >= 11 is 0. The molecule has 5 nitrogen and oxygen atoms in total. The standard InChI is InChI=1S/C14H20N2O3S/c1-3-14(17)16-13-6-4-5-12(10(13)2)15-11-7-8-20(18,19)9-11/h4-6,11,15H,3,7-9H2,1-2H3,(H,16,17). The Balaban J connectivity index is 2.13. The zero-order chi connectivity index (χ0) is 14.8. The van der Waals surface area contributed by atoms with E-state index in [1.165, 1.54) is 0 Å². The zero-order valence-electron chi connectivity index (χ0n) is 11.8. The minimum atomic E-state index is -2.89. The Hall–Kier alpha value is -1.56. The van der Waals surface area contributed by atoms with E-state index in [2.05, 4.69) is 10.6 Å². The summed E-state index contributed by atoms with van der Waals surface area (Å²) in [6.45, 7) is 3.72. The topological polar surface area (TPSA) is 75.3 Å². The Kier molecular flexibility index (Phi) is 4.32. The van der Waals surface area contributed by atoms with Gasteiger partial charge in [0.15, 0.2) is 9.84 Å². The fraction of sp³-hybridized carbons (Fsp3) is 0.500. The van der Waals surface area contributed by atoms with Crippen molar-refractivity contribution in [1.82, 2.24) is 0 Å². The Morgan fingerprint density at radius 1 is 1.35 bits per heavy atom. The fourth-order valence-electron chi connectivity index (χ4n) is 2.29. The second kappa shape index (κ2) is 5.83.